The Morgan fingerprint density at radius 1 is 1.18 bits per heavy atom. The normalized spacial score (nSPS) is 10.5. The SMILES string of the molecule is CCCc1cnc(-c2ccc(C)cc2S)nc1. The molecule has 0 radical (unpaired) electrons. The van der Waals surface area contributed by atoms with Crippen LogP contribution in [-0.4, -0.2) is 9.97 Å². The van der Waals surface area contributed by atoms with Crippen LogP contribution >= 0.6 is 12.6 Å². The van der Waals surface area contributed by atoms with Crippen LogP contribution in [0.1, 0.15) is 24.5 Å². The van der Waals surface area contributed by atoms with E-state index in [4.69, 9.17) is 0 Å². The molecule has 0 atom stereocenters. The summed E-state index contributed by atoms with van der Waals surface area (Å²) in [5.41, 5.74) is 3.37. The van der Waals surface area contributed by atoms with E-state index in [0.29, 0.717) is 0 Å². The van der Waals surface area contributed by atoms with Gasteiger partial charge in [-0.1, -0.05) is 19.4 Å². The van der Waals surface area contributed by atoms with Crippen molar-refractivity contribution in [2.45, 2.75) is 31.6 Å². The first-order chi connectivity index (χ1) is 8.20. The Bertz CT molecular complexity index is 506. The first-order valence-electron chi connectivity index (χ1n) is 5.81. The summed E-state index contributed by atoms with van der Waals surface area (Å²) in [6.45, 7) is 4.20. The summed E-state index contributed by atoms with van der Waals surface area (Å²) in [6, 6.07) is 6.10. The minimum atomic E-state index is 0.745. The molecule has 1 aromatic carbocycles. The molecule has 0 amide bonds. The van der Waals surface area contributed by atoms with Gasteiger partial charge in [-0.05, 0) is 36.6 Å². The molecule has 2 rings (SSSR count). The van der Waals surface area contributed by atoms with Gasteiger partial charge in [0.25, 0.3) is 0 Å². The van der Waals surface area contributed by atoms with Crippen molar-refractivity contribution in [2.75, 3.05) is 0 Å². The Labute approximate surface area is 108 Å². The van der Waals surface area contributed by atoms with E-state index < -0.39 is 0 Å². The smallest absolute Gasteiger partial charge is 0.160 e. The van der Waals surface area contributed by atoms with Gasteiger partial charge in [-0.25, -0.2) is 9.97 Å². The lowest BCUT2D eigenvalue weighted by Gasteiger charge is -2.05. The van der Waals surface area contributed by atoms with Crippen molar-refractivity contribution in [1.29, 1.82) is 0 Å². The van der Waals surface area contributed by atoms with Gasteiger partial charge in [0.1, 0.15) is 0 Å². The molecule has 1 heterocycles. The molecular formula is C14H16N2S. The van der Waals surface area contributed by atoms with Crippen LogP contribution < -0.4 is 0 Å². The second-order valence-electron chi connectivity index (χ2n) is 4.19. The number of hydrogen-bond acceptors (Lipinski definition) is 3. The highest BCUT2D eigenvalue weighted by molar-refractivity contribution is 7.80. The van der Waals surface area contributed by atoms with Crippen LogP contribution in [0.25, 0.3) is 11.4 Å². The van der Waals surface area contributed by atoms with Crippen molar-refractivity contribution >= 4 is 12.6 Å². The van der Waals surface area contributed by atoms with Crippen LogP contribution in [0.2, 0.25) is 0 Å². The molecule has 0 aliphatic rings. The van der Waals surface area contributed by atoms with E-state index >= 15 is 0 Å². The average Bonchev–Trinajstić information content (AvgIpc) is 2.31. The number of rotatable bonds is 3. The van der Waals surface area contributed by atoms with Crippen molar-refractivity contribution in [3.63, 3.8) is 0 Å². The Morgan fingerprint density at radius 2 is 1.88 bits per heavy atom. The molecule has 0 fully saturated rings. The van der Waals surface area contributed by atoms with E-state index in [-0.39, 0.29) is 0 Å². The Balaban J connectivity index is 2.33. The van der Waals surface area contributed by atoms with Crippen LogP contribution in [-0.2, 0) is 6.42 Å². The first-order valence-corrected chi connectivity index (χ1v) is 6.26. The van der Waals surface area contributed by atoms with E-state index in [9.17, 15) is 0 Å². The lowest BCUT2D eigenvalue weighted by atomic mass is 10.1. The van der Waals surface area contributed by atoms with Crippen molar-refractivity contribution in [3.05, 3.63) is 41.7 Å². The van der Waals surface area contributed by atoms with Crippen molar-refractivity contribution in [2.24, 2.45) is 0 Å². The maximum atomic E-state index is 4.47. The summed E-state index contributed by atoms with van der Waals surface area (Å²) in [5.74, 6) is 0.745. The molecular weight excluding hydrogens is 228 g/mol. The third-order valence-corrected chi connectivity index (χ3v) is 3.01. The minimum absolute atomic E-state index is 0.745. The minimum Gasteiger partial charge on any atom is -0.236 e. The Morgan fingerprint density at radius 3 is 2.47 bits per heavy atom. The van der Waals surface area contributed by atoms with Crippen LogP contribution in [0.5, 0.6) is 0 Å². The zero-order chi connectivity index (χ0) is 12.3. The van der Waals surface area contributed by atoms with Gasteiger partial charge in [0.15, 0.2) is 5.82 Å². The summed E-state index contributed by atoms with van der Waals surface area (Å²) in [5, 5.41) is 0. The molecule has 0 N–H and O–H groups in total. The van der Waals surface area contributed by atoms with Gasteiger partial charge in [-0.15, -0.1) is 12.6 Å². The zero-order valence-corrected chi connectivity index (χ0v) is 11.0. The van der Waals surface area contributed by atoms with Crippen LogP contribution in [0, 0.1) is 6.92 Å². The molecule has 17 heavy (non-hydrogen) atoms. The van der Waals surface area contributed by atoms with Crippen molar-refractivity contribution in [1.82, 2.24) is 9.97 Å². The van der Waals surface area contributed by atoms with E-state index in [1.807, 2.05) is 24.5 Å². The maximum absolute atomic E-state index is 4.47. The van der Waals surface area contributed by atoms with Gasteiger partial charge in [0.05, 0.1) is 0 Å². The van der Waals surface area contributed by atoms with E-state index in [1.54, 1.807) is 0 Å². The molecule has 0 saturated carbocycles. The quantitative estimate of drug-likeness (QED) is 0.833. The molecule has 2 nitrogen and oxygen atoms in total. The summed E-state index contributed by atoms with van der Waals surface area (Å²) in [7, 11) is 0. The second-order valence-corrected chi connectivity index (χ2v) is 4.67. The van der Waals surface area contributed by atoms with Crippen molar-refractivity contribution in [3.8, 4) is 11.4 Å². The summed E-state index contributed by atoms with van der Waals surface area (Å²) < 4.78 is 0. The van der Waals surface area contributed by atoms with Gasteiger partial charge in [0, 0.05) is 22.9 Å². The largest absolute Gasteiger partial charge is 0.236 e. The fourth-order valence-electron chi connectivity index (χ4n) is 1.74. The molecule has 2 aromatic rings. The predicted octanol–water partition coefficient (Wildman–Crippen LogP) is 3.69. The number of benzene rings is 1. The molecule has 1 aromatic heterocycles. The molecule has 3 heteroatoms. The third kappa shape index (κ3) is 2.86. The molecule has 88 valence electrons. The topological polar surface area (TPSA) is 25.8 Å². The number of hydrogen-bond donors (Lipinski definition) is 1. The number of nitrogens with zero attached hydrogens (tertiary/aromatic N) is 2. The summed E-state index contributed by atoms with van der Waals surface area (Å²) in [6.07, 6.45) is 5.95. The number of thiol groups is 1. The van der Waals surface area contributed by atoms with Gasteiger partial charge >= 0.3 is 0 Å². The van der Waals surface area contributed by atoms with E-state index in [0.717, 1.165) is 29.1 Å². The van der Waals surface area contributed by atoms with Gasteiger partial charge in [-0.2, -0.15) is 0 Å². The van der Waals surface area contributed by atoms with Crippen LogP contribution in [0.15, 0.2) is 35.5 Å². The maximum Gasteiger partial charge on any atom is 0.160 e. The predicted molar refractivity (Wildman–Crippen MR) is 73.5 cm³/mol. The lowest BCUT2D eigenvalue weighted by Crippen LogP contribution is -1.93. The molecule has 0 bridgehead atoms. The van der Waals surface area contributed by atoms with Gasteiger partial charge in [-0.3, -0.25) is 0 Å². The fourth-order valence-corrected chi connectivity index (χ4v) is 2.12. The second kappa shape index (κ2) is 5.32. The molecule has 0 spiro atoms. The molecule has 0 aliphatic heterocycles. The first kappa shape index (κ1) is 12.1. The zero-order valence-electron chi connectivity index (χ0n) is 10.1. The Kier molecular flexibility index (Phi) is 3.79. The molecule has 0 aliphatic carbocycles. The summed E-state index contributed by atoms with van der Waals surface area (Å²) >= 11 is 4.47. The highest BCUT2D eigenvalue weighted by atomic mass is 32.1. The van der Waals surface area contributed by atoms with Crippen LogP contribution in [0.3, 0.4) is 0 Å². The van der Waals surface area contributed by atoms with E-state index in [1.165, 1.54) is 11.1 Å². The average molecular weight is 244 g/mol. The number of aryl methyl sites for hydroxylation is 2. The summed E-state index contributed by atoms with van der Waals surface area (Å²) in [4.78, 5) is 9.72. The lowest BCUT2D eigenvalue weighted by molar-refractivity contribution is 0.902. The van der Waals surface area contributed by atoms with Gasteiger partial charge in [0.2, 0.25) is 0 Å². The highest BCUT2D eigenvalue weighted by Gasteiger charge is 2.05. The number of aromatic nitrogens is 2. The monoisotopic (exact) mass is 244 g/mol. The standard InChI is InChI=1S/C14H16N2S/c1-3-4-11-8-15-14(16-9-11)12-6-5-10(2)7-13(12)17/h5-9,17H,3-4H2,1-2H3. The fraction of sp³-hybridized carbons (Fsp3) is 0.286. The van der Waals surface area contributed by atoms with Crippen LogP contribution in [0.4, 0.5) is 0 Å². The van der Waals surface area contributed by atoms with Crippen molar-refractivity contribution < 1.29 is 0 Å². The third-order valence-electron chi connectivity index (χ3n) is 2.64. The molecule has 0 unspecified atom stereocenters. The van der Waals surface area contributed by atoms with Gasteiger partial charge < -0.3 is 0 Å². The highest BCUT2D eigenvalue weighted by Crippen LogP contribution is 2.24. The van der Waals surface area contributed by atoms with E-state index in [2.05, 4.69) is 42.5 Å². The Hall–Kier alpha value is -1.35. The molecule has 0 saturated heterocycles.